The Morgan fingerprint density at radius 2 is 2.29 bits per heavy atom. The maximum Gasteiger partial charge on any atom is 0.0693 e. The largest absolute Gasteiger partial charge is 0.381 e. The smallest absolute Gasteiger partial charge is 0.0693 e. The van der Waals surface area contributed by atoms with E-state index in [1.165, 1.54) is 12.8 Å². The predicted octanol–water partition coefficient (Wildman–Crippen LogP) is 2.74. The van der Waals surface area contributed by atoms with Gasteiger partial charge >= 0.3 is 0 Å². The Kier molecular flexibility index (Phi) is 2.78. The zero-order valence-corrected chi connectivity index (χ0v) is 8.96. The van der Waals surface area contributed by atoms with E-state index in [0.717, 1.165) is 38.4 Å². The second-order valence-electron chi connectivity index (χ2n) is 5.03. The summed E-state index contributed by atoms with van der Waals surface area (Å²) in [6.45, 7) is 3.96. The summed E-state index contributed by atoms with van der Waals surface area (Å²) < 4.78 is 5.42. The Morgan fingerprint density at radius 1 is 1.43 bits per heavy atom. The lowest BCUT2D eigenvalue weighted by Crippen LogP contribution is -2.34. The summed E-state index contributed by atoms with van der Waals surface area (Å²) in [7, 11) is 0. The lowest BCUT2D eigenvalue weighted by Gasteiger charge is -2.38. The van der Waals surface area contributed by atoms with E-state index in [4.69, 9.17) is 4.74 Å². The molecule has 0 radical (unpaired) electrons. The van der Waals surface area contributed by atoms with Gasteiger partial charge < -0.3 is 4.74 Å². The lowest BCUT2D eigenvalue weighted by atomic mass is 9.64. The van der Waals surface area contributed by atoms with Crippen molar-refractivity contribution in [2.75, 3.05) is 13.2 Å². The van der Waals surface area contributed by atoms with Gasteiger partial charge in [-0.2, -0.15) is 5.26 Å². The van der Waals surface area contributed by atoms with Gasteiger partial charge in [0.15, 0.2) is 0 Å². The van der Waals surface area contributed by atoms with Crippen molar-refractivity contribution in [1.29, 1.82) is 5.26 Å². The van der Waals surface area contributed by atoms with Crippen LogP contribution in [0.25, 0.3) is 0 Å². The predicted molar refractivity (Wildman–Crippen MR) is 54.6 cm³/mol. The van der Waals surface area contributed by atoms with Gasteiger partial charge in [-0.25, -0.2) is 0 Å². The maximum absolute atomic E-state index is 9.41. The maximum atomic E-state index is 9.41. The van der Waals surface area contributed by atoms with E-state index in [-0.39, 0.29) is 5.41 Å². The molecule has 0 N–H and O–H groups in total. The molecule has 1 saturated carbocycles. The molecule has 2 fully saturated rings. The lowest BCUT2D eigenvalue weighted by molar-refractivity contribution is 0.105. The quantitative estimate of drug-likeness (QED) is 0.641. The molecular weight excluding hydrogens is 174 g/mol. The first-order valence-electron chi connectivity index (χ1n) is 5.76. The molecule has 0 aromatic carbocycles. The second kappa shape index (κ2) is 3.90. The highest BCUT2D eigenvalue weighted by Crippen LogP contribution is 2.47. The van der Waals surface area contributed by atoms with Gasteiger partial charge in [-0.3, -0.25) is 0 Å². The molecule has 2 heteroatoms. The Morgan fingerprint density at radius 3 is 2.86 bits per heavy atom. The van der Waals surface area contributed by atoms with Crippen molar-refractivity contribution < 1.29 is 4.74 Å². The minimum absolute atomic E-state index is 0.0475. The van der Waals surface area contributed by atoms with Crippen LogP contribution in [-0.4, -0.2) is 13.2 Å². The van der Waals surface area contributed by atoms with Crippen LogP contribution >= 0.6 is 0 Å². The number of nitrogens with zero attached hydrogens (tertiary/aromatic N) is 1. The first kappa shape index (κ1) is 9.98. The van der Waals surface area contributed by atoms with E-state index in [1.54, 1.807) is 0 Å². The zero-order chi connectivity index (χ0) is 10.0. The molecule has 0 spiro atoms. The van der Waals surface area contributed by atoms with Gasteiger partial charge in [0.05, 0.1) is 18.1 Å². The van der Waals surface area contributed by atoms with Crippen LogP contribution in [0, 0.1) is 28.6 Å². The van der Waals surface area contributed by atoms with Crippen LogP contribution < -0.4 is 0 Å². The third kappa shape index (κ3) is 1.66. The first-order valence-corrected chi connectivity index (χ1v) is 5.76. The minimum atomic E-state index is -0.0475. The van der Waals surface area contributed by atoms with E-state index in [0.29, 0.717) is 5.92 Å². The number of hydrogen-bond donors (Lipinski definition) is 0. The molecule has 2 aliphatic rings. The summed E-state index contributed by atoms with van der Waals surface area (Å²) in [5, 5.41) is 9.41. The molecular formula is C12H19NO. The molecule has 3 atom stereocenters. The molecule has 1 heterocycles. The van der Waals surface area contributed by atoms with Crippen LogP contribution in [0.15, 0.2) is 0 Å². The monoisotopic (exact) mass is 193 g/mol. The molecule has 14 heavy (non-hydrogen) atoms. The molecule has 78 valence electrons. The molecule has 0 amide bonds. The van der Waals surface area contributed by atoms with Gasteiger partial charge in [0.1, 0.15) is 0 Å². The van der Waals surface area contributed by atoms with Crippen LogP contribution in [0.2, 0.25) is 0 Å². The number of nitriles is 1. The van der Waals surface area contributed by atoms with Crippen molar-refractivity contribution in [3.05, 3.63) is 0 Å². The van der Waals surface area contributed by atoms with Crippen molar-refractivity contribution in [3.8, 4) is 6.07 Å². The Balaban J connectivity index is 2.11. The average molecular weight is 193 g/mol. The fourth-order valence-corrected chi connectivity index (χ4v) is 3.13. The standard InChI is InChI=1S/C12H19NO/c1-10-3-2-5-12(7-10,9-13)11-4-6-14-8-11/h10-11H,2-8H2,1H3. The second-order valence-corrected chi connectivity index (χ2v) is 5.03. The van der Waals surface area contributed by atoms with Crippen LogP contribution in [0.1, 0.15) is 39.0 Å². The highest BCUT2D eigenvalue weighted by Gasteiger charge is 2.43. The highest BCUT2D eigenvalue weighted by molar-refractivity contribution is 5.06. The van der Waals surface area contributed by atoms with Gasteiger partial charge in [-0.05, 0) is 25.2 Å². The van der Waals surface area contributed by atoms with Crippen LogP contribution in [0.5, 0.6) is 0 Å². The highest BCUT2D eigenvalue weighted by atomic mass is 16.5. The molecule has 0 bridgehead atoms. The topological polar surface area (TPSA) is 33.0 Å². The summed E-state index contributed by atoms with van der Waals surface area (Å²) in [6.07, 6.45) is 5.82. The third-order valence-corrected chi connectivity index (χ3v) is 3.97. The van der Waals surface area contributed by atoms with Crippen LogP contribution in [0.4, 0.5) is 0 Å². The molecule has 1 aliphatic heterocycles. The van der Waals surface area contributed by atoms with Crippen LogP contribution in [0.3, 0.4) is 0 Å². The first-order chi connectivity index (χ1) is 6.77. The fraction of sp³-hybridized carbons (Fsp3) is 0.917. The molecule has 0 aromatic rings. The minimum Gasteiger partial charge on any atom is -0.381 e. The zero-order valence-electron chi connectivity index (χ0n) is 8.96. The molecule has 2 nitrogen and oxygen atoms in total. The number of ether oxygens (including phenoxy) is 1. The van der Waals surface area contributed by atoms with E-state index < -0.39 is 0 Å². The SMILES string of the molecule is CC1CCCC(C#N)(C2CCOC2)C1. The molecule has 1 saturated heterocycles. The van der Waals surface area contributed by atoms with Crippen LogP contribution in [-0.2, 0) is 4.74 Å². The summed E-state index contributed by atoms with van der Waals surface area (Å²) in [5.41, 5.74) is -0.0475. The fourth-order valence-electron chi connectivity index (χ4n) is 3.13. The van der Waals surface area contributed by atoms with Crippen molar-refractivity contribution in [2.24, 2.45) is 17.3 Å². The number of hydrogen-bond acceptors (Lipinski definition) is 2. The van der Waals surface area contributed by atoms with Crippen molar-refractivity contribution in [2.45, 2.75) is 39.0 Å². The average Bonchev–Trinajstić information content (AvgIpc) is 2.71. The summed E-state index contributed by atoms with van der Waals surface area (Å²) in [6, 6.07) is 2.61. The normalized spacial score (nSPS) is 43.4. The van der Waals surface area contributed by atoms with Gasteiger partial charge in [0.25, 0.3) is 0 Å². The molecule has 3 unspecified atom stereocenters. The summed E-state index contributed by atoms with van der Waals surface area (Å²) >= 11 is 0. The van der Waals surface area contributed by atoms with E-state index in [2.05, 4.69) is 13.0 Å². The van der Waals surface area contributed by atoms with E-state index >= 15 is 0 Å². The van der Waals surface area contributed by atoms with E-state index in [1.807, 2.05) is 0 Å². The van der Waals surface area contributed by atoms with Gasteiger partial charge in [0, 0.05) is 12.5 Å². The third-order valence-electron chi connectivity index (χ3n) is 3.97. The van der Waals surface area contributed by atoms with Gasteiger partial charge in [0.2, 0.25) is 0 Å². The Hall–Kier alpha value is -0.550. The Bertz CT molecular complexity index is 239. The van der Waals surface area contributed by atoms with Gasteiger partial charge in [-0.15, -0.1) is 0 Å². The Labute approximate surface area is 86.2 Å². The summed E-state index contributed by atoms with van der Waals surface area (Å²) in [4.78, 5) is 0. The van der Waals surface area contributed by atoms with Crippen molar-refractivity contribution in [1.82, 2.24) is 0 Å². The number of rotatable bonds is 1. The molecule has 0 aromatic heterocycles. The van der Waals surface area contributed by atoms with E-state index in [9.17, 15) is 5.26 Å². The van der Waals surface area contributed by atoms with Crippen molar-refractivity contribution in [3.63, 3.8) is 0 Å². The molecule has 1 aliphatic carbocycles. The molecule has 2 rings (SSSR count). The van der Waals surface area contributed by atoms with Crippen molar-refractivity contribution >= 4 is 0 Å². The van der Waals surface area contributed by atoms with Gasteiger partial charge in [-0.1, -0.05) is 19.8 Å². The summed E-state index contributed by atoms with van der Waals surface area (Å²) in [5.74, 6) is 1.24.